The summed E-state index contributed by atoms with van der Waals surface area (Å²) in [7, 11) is 0. The molecule has 4 aromatic rings. The number of hydrogen-bond donors (Lipinski definition) is 0. The van der Waals surface area contributed by atoms with E-state index in [0.29, 0.717) is 0 Å². The van der Waals surface area contributed by atoms with E-state index in [1.54, 1.807) is 0 Å². The number of rotatable bonds is 1. The largest absolute Gasteiger partial charge is 0.142 e. The molecule has 0 aliphatic carbocycles. The molecule has 4 rings (SSSR count). The molecule has 2 heteroatoms. The molecule has 0 fully saturated rings. The fourth-order valence-electron chi connectivity index (χ4n) is 2.42. The lowest BCUT2D eigenvalue weighted by molar-refractivity contribution is 1.48. The number of benzene rings is 2. The zero-order chi connectivity index (χ0) is 12.8. The molecule has 0 bridgehead atoms. The molecule has 2 aromatic heterocycles. The van der Waals surface area contributed by atoms with Gasteiger partial charge in [0, 0.05) is 21.0 Å². The molecule has 0 aliphatic heterocycles. The molecule has 0 radical (unpaired) electrons. The van der Waals surface area contributed by atoms with Crippen LogP contribution >= 0.6 is 22.7 Å². The molecule has 2 aromatic carbocycles. The fraction of sp³-hybridized carbons (Fsp3) is 0.0588. The van der Waals surface area contributed by atoms with Gasteiger partial charge in [-0.25, -0.2) is 0 Å². The van der Waals surface area contributed by atoms with Crippen molar-refractivity contribution in [2.45, 2.75) is 6.92 Å². The summed E-state index contributed by atoms with van der Waals surface area (Å²) < 4.78 is 4.24. The van der Waals surface area contributed by atoms with Crippen molar-refractivity contribution in [2.75, 3.05) is 0 Å². The minimum Gasteiger partial charge on any atom is -0.142 e. The summed E-state index contributed by atoms with van der Waals surface area (Å²) in [5, 5.41) is 3.68. The summed E-state index contributed by atoms with van der Waals surface area (Å²) in [6.07, 6.45) is 0. The van der Waals surface area contributed by atoms with Crippen molar-refractivity contribution in [3.8, 4) is 11.1 Å². The molecule has 19 heavy (non-hydrogen) atoms. The van der Waals surface area contributed by atoms with Crippen molar-refractivity contribution in [1.82, 2.24) is 0 Å². The topological polar surface area (TPSA) is 0 Å². The van der Waals surface area contributed by atoms with Gasteiger partial charge < -0.3 is 0 Å². The SMILES string of the molecule is Cc1ccc(-c2csc3c2sc2ccccc23)cc1. The van der Waals surface area contributed by atoms with Gasteiger partial charge in [0.25, 0.3) is 0 Å². The van der Waals surface area contributed by atoms with Crippen LogP contribution in [0.25, 0.3) is 30.6 Å². The molecule has 0 amide bonds. The monoisotopic (exact) mass is 280 g/mol. The van der Waals surface area contributed by atoms with Crippen LogP contribution in [0, 0.1) is 6.92 Å². The first-order valence-electron chi connectivity index (χ1n) is 6.29. The van der Waals surface area contributed by atoms with E-state index in [1.807, 2.05) is 22.7 Å². The molecule has 0 nitrogen and oxygen atoms in total. The Morgan fingerprint density at radius 2 is 1.63 bits per heavy atom. The highest BCUT2D eigenvalue weighted by Crippen LogP contribution is 2.43. The lowest BCUT2D eigenvalue weighted by atomic mass is 10.1. The van der Waals surface area contributed by atoms with E-state index in [0.717, 1.165) is 0 Å². The zero-order valence-electron chi connectivity index (χ0n) is 10.5. The van der Waals surface area contributed by atoms with Crippen LogP contribution < -0.4 is 0 Å². The minimum atomic E-state index is 1.31. The third-order valence-corrected chi connectivity index (χ3v) is 5.80. The van der Waals surface area contributed by atoms with Crippen LogP contribution in [0.4, 0.5) is 0 Å². The van der Waals surface area contributed by atoms with Crippen LogP contribution in [0.15, 0.2) is 53.9 Å². The molecule has 0 saturated heterocycles. The predicted octanol–water partition coefficient (Wildman–Crippen LogP) is 6.09. The Balaban J connectivity index is 2.02. The molecule has 0 N–H and O–H groups in total. The van der Waals surface area contributed by atoms with Crippen molar-refractivity contribution in [2.24, 2.45) is 0 Å². The normalized spacial score (nSPS) is 11.4. The van der Waals surface area contributed by atoms with Crippen LogP contribution in [0.2, 0.25) is 0 Å². The van der Waals surface area contributed by atoms with E-state index in [9.17, 15) is 0 Å². The summed E-state index contributed by atoms with van der Waals surface area (Å²) >= 11 is 3.76. The first-order chi connectivity index (χ1) is 9.33. The molecular weight excluding hydrogens is 268 g/mol. The van der Waals surface area contributed by atoms with Gasteiger partial charge in [0.1, 0.15) is 0 Å². The van der Waals surface area contributed by atoms with Gasteiger partial charge >= 0.3 is 0 Å². The Morgan fingerprint density at radius 1 is 0.842 bits per heavy atom. The maximum atomic E-state index is 2.29. The summed E-state index contributed by atoms with van der Waals surface area (Å²) in [6.45, 7) is 2.13. The average molecular weight is 280 g/mol. The van der Waals surface area contributed by atoms with Gasteiger partial charge in [0.15, 0.2) is 0 Å². The maximum absolute atomic E-state index is 2.29. The van der Waals surface area contributed by atoms with E-state index in [-0.39, 0.29) is 0 Å². The molecule has 0 atom stereocenters. The highest BCUT2D eigenvalue weighted by atomic mass is 32.1. The highest BCUT2D eigenvalue weighted by Gasteiger charge is 2.12. The maximum Gasteiger partial charge on any atom is 0.0541 e. The van der Waals surface area contributed by atoms with Crippen molar-refractivity contribution in [1.29, 1.82) is 0 Å². The van der Waals surface area contributed by atoms with Crippen LogP contribution in [-0.2, 0) is 0 Å². The lowest BCUT2D eigenvalue weighted by Gasteiger charge is -1.98. The quantitative estimate of drug-likeness (QED) is 0.395. The Bertz CT molecular complexity index is 863. The van der Waals surface area contributed by atoms with E-state index in [1.165, 1.54) is 36.2 Å². The Morgan fingerprint density at radius 3 is 2.47 bits per heavy atom. The Kier molecular flexibility index (Phi) is 2.47. The summed E-state index contributed by atoms with van der Waals surface area (Å²) in [4.78, 5) is 0. The first-order valence-corrected chi connectivity index (χ1v) is 7.98. The molecular formula is C17H12S2. The Hall–Kier alpha value is -1.64. The van der Waals surface area contributed by atoms with E-state index in [4.69, 9.17) is 0 Å². The van der Waals surface area contributed by atoms with Crippen LogP contribution in [0.5, 0.6) is 0 Å². The number of aryl methyl sites for hydroxylation is 1. The molecule has 2 heterocycles. The average Bonchev–Trinajstić information content (AvgIpc) is 2.98. The zero-order valence-corrected chi connectivity index (χ0v) is 12.1. The molecule has 0 unspecified atom stereocenters. The van der Waals surface area contributed by atoms with E-state index in [2.05, 4.69) is 60.8 Å². The molecule has 0 spiro atoms. The van der Waals surface area contributed by atoms with Crippen molar-refractivity contribution < 1.29 is 0 Å². The van der Waals surface area contributed by atoms with Gasteiger partial charge in [-0.2, -0.15) is 0 Å². The summed E-state index contributed by atoms with van der Waals surface area (Å²) in [6, 6.07) is 17.5. The molecule has 92 valence electrons. The second-order valence-electron chi connectivity index (χ2n) is 4.77. The summed E-state index contributed by atoms with van der Waals surface area (Å²) in [5.41, 5.74) is 4.01. The van der Waals surface area contributed by atoms with Gasteiger partial charge in [-0.1, -0.05) is 48.0 Å². The van der Waals surface area contributed by atoms with Gasteiger partial charge in [-0.3, -0.25) is 0 Å². The number of thiophene rings is 2. The van der Waals surface area contributed by atoms with Crippen molar-refractivity contribution in [3.63, 3.8) is 0 Å². The van der Waals surface area contributed by atoms with Gasteiger partial charge in [-0.15, -0.1) is 22.7 Å². The van der Waals surface area contributed by atoms with Gasteiger partial charge in [0.05, 0.1) is 9.40 Å². The summed E-state index contributed by atoms with van der Waals surface area (Å²) in [5.74, 6) is 0. The van der Waals surface area contributed by atoms with E-state index >= 15 is 0 Å². The number of hydrogen-bond acceptors (Lipinski definition) is 2. The van der Waals surface area contributed by atoms with Crippen molar-refractivity contribution >= 4 is 42.2 Å². The minimum absolute atomic E-state index is 1.31. The van der Waals surface area contributed by atoms with Crippen molar-refractivity contribution in [3.05, 3.63) is 59.5 Å². The lowest BCUT2D eigenvalue weighted by Crippen LogP contribution is -1.74. The van der Waals surface area contributed by atoms with E-state index < -0.39 is 0 Å². The second kappa shape index (κ2) is 4.19. The van der Waals surface area contributed by atoms with Crippen LogP contribution in [-0.4, -0.2) is 0 Å². The molecule has 0 saturated carbocycles. The predicted molar refractivity (Wildman–Crippen MR) is 87.4 cm³/mol. The molecule has 0 aliphatic rings. The van der Waals surface area contributed by atoms with Crippen LogP contribution in [0.3, 0.4) is 0 Å². The fourth-order valence-corrected chi connectivity index (χ4v) is 4.98. The second-order valence-corrected chi connectivity index (χ2v) is 6.70. The highest BCUT2D eigenvalue weighted by molar-refractivity contribution is 7.32. The third kappa shape index (κ3) is 1.71. The van der Waals surface area contributed by atoms with Gasteiger partial charge in [-0.05, 0) is 18.6 Å². The third-order valence-electron chi connectivity index (χ3n) is 3.45. The smallest absolute Gasteiger partial charge is 0.0541 e. The Labute approximate surface area is 119 Å². The number of fused-ring (bicyclic) bond motifs is 3. The van der Waals surface area contributed by atoms with Crippen LogP contribution in [0.1, 0.15) is 5.56 Å². The van der Waals surface area contributed by atoms with Gasteiger partial charge in [0.2, 0.25) is 0 Å². The first kappa shape index (κ1) is 11.2. The standard InChI is InChI=1S/C17H12S2/c1-11-6-8-12(9-7-11)14-10-18-16-13-4-2-3-5-15(13)19-17(14)16/h2-10H,1H3.